The molecule has 0 saturated carbocycles. The van der Waals surface area contributed by atoms with Gasteiger partial charge in [-0.2, -0.15) is 0 Å². The first-order valence-electron chi connectivity index (χ1n) is 9.08. The highest BCUT2D eigenvalue weighted by Crippen LogP contribution is 2.23. The molecule has 1 aliphatic rings. The van der Waals surface area contributed by atoms with E-state index in [1.54, 1.807) is 16.7 Å². The van der Waals surface area contributed by atoms with E-state index in [0.717, 1.165) is 31.2 Å². The van der Waals surface area contributed by atoms with Gasteiger partial charge in [0, 0.05) is 6.61 Å². The molecule has 0 amide bonds. The van der Waals surface area contributed by atoms with Crippen LogP contribution in [0.5, 0.6) is 0 Å². The summed E-state index contributed by atoms with van der Waals surface area (Å²) in [4.78, 5) is 0. The van der Waals surface area contributed by atoms with Gasteiger partial charge in [-0.05, 0) is 24.8 Å². The topological polar surface area (TPSA) is 100 Å². The normalized spacial score (nSPS) is 18.9. The molecule has 2 heterocycles. The summed E-state index contributed by atoms with van der Waals surface area (Å²) < 4.78 is 33.3. The Labute approximate surface area is 154 Å². The number of hydrogen-bond donors (Lipinski definition) is 1. The maximum atomic E-state index is 13.0. The third kappa shape index (κ3) is 4.31. The zero-order valence-electron chi connectivity index (χ0n) is 15.0. The molecule has 3 rings (SSSR count). The lowest BCUT2D eigenvalue weighted by Gasteiger charge is -2.17. The van der Waals surface area contributed by atoms with E-state index in [2.05, 4.69) is 10.2 Å². The second kappa shape index (κ2) is 8.28. The van der Waals surface area contributed by atoms with Crippen molar-refractivity contribution in [2.75, 3.05) is 6.61 Å². The molecule has 0 bridgehead atoms. The molecule has 2 aromatic rings. The van der Waals surface area contributed by atoms with E-state index < -0.39 is 9.84 Å². The standard InChI is InChI=1S/C18H26N4O3S/c1-2-7-16(19)17-20-21-18(22(17)12-15-10-6-11-25-15)26(23,24)13-14-8-4-3-5-9-14/h3-5,8-9,15-16H,2,6-7,10-13,19H2,1H3. The molecule has 7 nitrogen and oxygen atoms in total. The first-order chi connectivity index (χ1) is 12.5. The van der Waals surface area contributed by atoms with E-state index in [0.29, 0.717) is 19.0 Å². The molecule has 2 N–H and O–H groups in total. The molecule has 1 aliphatic heterocycles. The molecule has 2 unspecified atom stereocenters. The van der Waals surface area contributed by atoms with Crippen LogP contribution in [0.4, 0.5) is 0 Å². The van der Waals surface area contributed by atoms with Gasteiger partial charge in [-0.25, -0.2) is 8.42 Å². The van der Waals surface area contributed by atoms with Gasteiger partial charge in [-0.1, -0.05) is 43.7 Å². The molecule has 26 heavy (non-hydrogen) atoms. The van der Waals surface area contributed by atoms with Crippen molar-refractivity contribution in [1.82, 2.24) is 14.8 Å². The lowest BCUT2D eigenvalue weighted by molar-refractivity contribution is 0.0936. The van der Waals surface area contributed by atoms with Gasteiger partial charge >= 0.3 is 0 Å². The smallest absolute Gasteiger partial charge is 0.250 e. The van der Waals surface area contributed by atoms with Gasteiger partial charge in [-0.15, -0.1) is 10.2 Å². The summed E-state index contributed by atoms with van der Waals surface area (Å²) in [5.41, 5.74) is 6.95. The fourth-order valence-corrected chi connectivity index (χ4v) is 4.70. The van der Waals surface area contributed by atoms with Crippen molar-refractivity contribution in [3.05, 3.63) is 41.7 Å². The van der Waals surface area contributed by atoms with Gasteiger partial charge in [0.05, 0.1) is 24.4 Å². The Bertz CT molecular complexity index is 814. The molecule has 0 radical (unpaired) electrons. The molecule has 1 saturated heterocycles. The average Bonchev–Trinajstić information content (AvgIpc) is 3.26. The number of aromatic nitrogens is 3. The Morgan fingerprint density at radius 1 is 1.31 bits per heavy atom. The molecule has 2 atom stereocenters. The molecule has 1 aromatic heterocycles. The molecule has 1 fully saturated rings. The fraction of sp³-hybridized carbons (Fsp3) is 0.556. The van der Waals surface area contributed by atoms with Crippen molar-refractivity contribution in [2.45, 2.75) is 62.2 Å². The highest BCUT2D eigenvalue weighted by Gasteiger charge is 2.29. The minimum Gasteiger partial charge on any atom is -0.376 e. The molecule has 1 aromatic carbocycles. The quantitative estimate of drug-likeness (QED) is 0.756. The van der Waals surface area contributed by atoms with Crippen molar-refractivity contribution >= 4 is 9.84 Å². The van der Waals surface area contributed by atoms with Crippen molar-refractivity contribution in [2.24, 2.45) is 5.73 Å². The van der Waals surface area contributed by atoms with Crippen LogP contribution in [0.15, 0.2) is 35.5 Å². The van der Waals surface area contributed by atoms with E-state index in [1.165, 1.54) is 0 Å². The summed E-state index contributed by atoms with van der Waals surface area (Å²) in [5.74, 6) is 0.412. The highest BCUT2D eigenvalue weighted by atomic mass is 32.2. The first kappa shape index (κ1) is 19.0. The highest BCUT2D eigenvalue weighted by molar-refractivity contribution is 7.90. The minimum atomic E-state index is -3.64. The van der Waals surface area contributed by atoms with Gasteiger partial charge in [0.1, 0.15) is 0 Å². The van der Waals surface area contributed by atoms with Crippen LogP contribution >= 0.6 is 0 Å². The maximum absolute atomic E-state index is 13.0. The number of sulfone groups is 1. The van der Waals surface area contributed by atoms with Crippen molar-refractivity contribution in [3.63, 3.8) is 0 Å². The number of benzene rings is 1. The predicted octanol–water partition coefficient (Wildman–Crippen LogP) is 2.23. The van der Waals surface area contributed by atoms with Crippen LogP contribution in [0.3, 0.4) is 0 Å². The van der Waals surface area contributed by atoms with Crippen LogP contribution in [0.2, 0.25) is 0 Å². The number of nitrogens with zero attached hydrogens (tertiary/aromatic N) is 3. The van der Waals surface area contributed by atoms with Crippen molar-refractivity contribution < 1.29 is 13.2 Å². The predicted molar refractivity (Wildman–Crippen MR) is 98.2 cm³/mol. The molecular formula is C18H26N4O3S. The average molecular weight is 378 g/mol. The van der Waals surface area contributed by atoms with Gasteiger partial charge in [0.2, 0.25) is 15.0 Å². The van der Waals surface area contributed by atoms with Crippen molar-refractivity contribution in [1.29, 1.82) is 0 Å². The molecular weight excluding hydrogens is 352 g/mol. The molecule has 142 valence electrons. The minimum absolute atomic E-state index is 0.0154. The van der Waals surface area contributed by atoms with E-state index in [-0.39, 0.29) is 23.1 Å². The van der Waals surface area contributed by atoms with Gasteiger partial charge in [0.15, 0.2) is 5.82 Å². The fourth-order valence-electron chi connectivity index (χ4n) is 3.27. The molecule has 0 aliphatic carbocycles. The second-order valence-corrected chi connectivity index (χ2v) is 8.61. The first-order valence-corrected chi connectivity index (χ1v) is 10.7. The van der Waals surface area contributed by atoms with Crippen LogP contribution in [0, 0.1) is 0 Å². The third-order valence-corrected chi connectivity index (χ3v) is 6.14. The van der Waals surface area contributed by atoms with Crippen LogP contribution in [-0.4, -0.2) is 35.9 Å². The Morgan fingerprint density at radius 2 is 2.08 bits per heavy atom. The Morgan fingerprint density at radius 3 is 2.73 bits per heavy atom. The number of nitrogens with two attached hydrogens (primary N) is 1. The number of ether oxygens (including phenoxy) is 1. The van der Waals surface area contributed by atoms with E-state index in [9.17, 15) is 8.42 Å². The Hall–Kier alpha value is -1.77. The zero-order chi connectivity index (χ0) is 18.6. The largest absolute Gasteiger partial charge is 0.376 e. The Balaban J connectivity index is 1.94. The third-order valence-electron chi connectivity index (χ3n) is 4.56. The van der Waals surface area contributed by atoms with Crippen LogP contribution in [0.25, 0.3) is 0 Å². The Kier molecular flexibility index (Phi) is 6.05. The summed E-state index contributed by atoms with van der Waals surface area (Å²) in [6.45, 7) is 3.16. The van der Waals surface area contributed by atoms with E-state index >= 15 is 0 Å². The van der Waals surface area contributed by atoms with Crippen molar-refractivity contribution in [3.8, 4) is 0 Å². The summed E-state index contributed by atoms with van der Waals surface area (Å²) in [6.07, 6.45) is 3.47. The maximum Gasteiger partial charge on any atom is 0.250 e. The molecule has 0 spiro atoms. The number of rotatable bonds is 8. The van der Waals surface area contributed by atoms with Gasteiger partial charge < -0.3 is 10.5 Å². The van der Waals surface area contributed by atoms with Crippen LogP contribution < -0.4 is 5.73 Å². The van der Waals surface area contributed by atoms with E-state index in [4.69, 9.17) is 10.5 Å². The summed E-state index contributed by atoms with van der Waals surface area (Å²) in [5, 5.41) is 8.14. The SMILES string of the molecule is CCCC(N)c1nnc(S(=O)(=O)Cc2ccccc2)n1CC1CCCO1. The lowest BCUT2D eigenvalue weighted by Crippen LogP contribution is -2.24. The summed E-state index contributed by atoms with van der Waals surface area (Å²) >= 11 is 0. The number of hydrogen-bond acceptors (Lipinski definition) is 6. The second-order valence-electron chi connectivity index (χ2n) is 6.73. The monoisotopic (exact) mass is 378 g/mol. The summed E-state index contributed by atoms with van der Waals surface area (Å²) in [6, 6.07) is 8.76. The zero-order valence-corrected chi connectivity index (χ0v) is 15.9. The van der Waals surface area contributed by atoms with Gasteiger partial charge in [-0.3, -0.25) is 4.57 Å². The van der Waals surface area contributed by atoms with Crippen LogP contribution in [0.1, 0.15) is 50.0 Å². The lowest BCUT2D eigenvalue weighted by atomic mass is 10.1. The molecule has 8 heteroatoms. The van der Waals surface area contributed by atoms with Gasteiger partial charge in [0.25, 0.3) is 0 Å². The van der Waals surface area contributed by atoms with E-state index in [1.807, 2.05) is 25.1 Å². The summed E-state index contributed by atoms with van der Waals surface area (Å²) in [7, 11) is -3.64. The van der Waals surface area contributed by atoms with Crippen LogP contribution in [-0.2, 0) is 26.9 Å².